The number of rotatable bonds is 3. The number of halogens is 1. The van der Waals surface area contributed by atoms with Gasteiger partial charge in [-0.25, -0.2) is 4.39 Å². The molecule has 0 unspecified atom stereocenters. The summed E-state index contributed by atoms with van der Waals surface area (Å²) in [6, 6.07) is 9.38. The lowest BCUT2D eigenvalue weighted by atomic mass is 9.92. The van der Waals surface area contributed by atoms with Crippen LogP contribution in [0.2, 0.25) is 0 Å². The van der Waals surface area contributed by atoms with Crippen molar-refractivity contribution in [2.24, 2.45) is 0 Å². The second-order valence-electron chi connectivity index (χ2n) is 6.68. The Morgan fingerprint density at radius 3 is 2.67 bits per heavy atom. The van der Waals surface area contributed by atoms with E-state index in [9.17, 15) is 14.3 Å². The lowest BCUT2D eigenvalue weighted by Crippen LogP contribution is -2.36. The fourth-order valence-corrected chi connectivity index (χ4v) is 3.36. The number of carbonyl (C=O) groups excluding carboxylic acids is 1. The molecule has 0 radical (unpaired) electrons. The molecule has 1 saturated carbocycles. The summed E-state index contributed by atoms with van der Waals surface area (Å²) in [5, 5.41) is 13.1. The van der Waals surface area contributed by atoms with Gasteiger partial charge in [0.15, 0.2) is 0 Å². The van der Waals surface area contributed by atoms with E-state index in [1.54, 1.807) is 0 Å². The molecule has 1 fully saturated rings. The predicted octanol–water partition coefficient (Wildman–Crippen LogP) is 3.01. The highest BCUT2D eigenvalue weighted by molar-refractivity contribution is 5.95. The number of carbonyl (C=O) groups is 1. The summed E-state index contributed by atoms with van der Waals surface area (Å²) < 4.78 is 13.0. The van der Waals surface area contributed by atoms with Crippen molar-refractivity contribution in [2.45, 2.75) is 43.7 Å². The lowest BCUT2D eigenvalue weighted by Gasteiger charge is -2.23. The molecular formula is C19H19FN2O2. The second kappa shape index (κ2) is 5.67. The molecule has 24 heavy (non-hydrogen) atoms. The van der Waals surface area contributed by atoms with Crippen molar-refractivity contribution < 1.29 is 14.3 Å². The van der Waals surface area contributed by atoms with E-state index < -0.39 is 11.6 Å². The maximum Gasteiger partial charge on any atom is 0.252 e. The molecule has 0 bridgehead atoms. The number of aliphatic hydroxyl groups is 1. The molecule has 0 aliphatic heterocycles. The normalized spacial score (nSPS) is 21.0. The summed E-state index contributed by atoms with van der Waals surface area (Å²) in [5.74, 6) is -0.574. The van der Waals surface area contributed by atoms with Crippen LogP contribution in [0.3, 0.4) is 0 Å². The van der Waals surface area contributed by atoms with Crippen LogP contribution in [-0.2, 0) is 12.0 Å². The monoisotopic (exact) mass is 326 g/mol. The van der Waals surface area contributed by atoms with Crippen LogP contribution in [0.1, 0.15) is 59.1 Å². The van der Waals surface area contributed by atoms with Gasteiger partial charge in [0.05, 0.1) is 17.3 Å². The maximum absolute atomic E-state index is 13.0. The van der Waals surface area contributed by atoms with Crippen LogP contribution >= 0.6 is 0 Å². The smallest absolute Gasteiger partial charge is 0.252 e. The number of nitrogens with one attached hydrogen (secondary N) is 1. The van der Waals surface area contributed by atoms with Crippen LogP contribution in [0.15, 0.2) is 36.4 Å². The summed E-state index contributed by atoms with van der Waals surface area (Å²) in [7, 11) is 0. The Balaban J connectivity index is 1.57. The van der Waals surface area contributed by atoms with Crippen molar-refractivity contribution in [3.05, 3.63) is 64.7 Å². The van der Waals surface area contributed by atoms with Crippen molar-refractivity contribution in [3.8, 4) is 0 Å². The van der Waals surface area contributed by atoms with Gasteiger partial charge in [-0.1, -0.05) is 6.07 Å². The topological polar surface area (TPSA) is 62.2 Å². The second-order valence-corrected chi connectivity index (χ2v) is 6.68. The van der Waals surface area contributed by atoms with E-state index in [4.69, 9.17) is 4.98 Å². The zero-order valence-corrected chi connectivity index (χ0v) is 13.3. The van der Waals surface area contributed by atoms with Crippen LogP contribution in [0.4, 0.5) is 4.39 Å². The van der Waals surface area contributed by atoms with Gasteiger partial charge >= 0.3 is 0 Å². The maximum atomic E-state index is 13.0. The molecule has 1 aromatic carbocycles. The fraction of sp³-hybridized carbons (Fsp3) is 0.368. The third kappa shape index (κ3) is 2.69. The molecule has 2 aliphatic rings. The minimum absolute atomic E-state index is 0.216. The zero-order chi connectivity index (χ0) is 16.7. The Labute approximate surface area is 139 Å². The molecule has 4 rings (SSSR count). The quantitative estimate of drug-likeness (QED) is 0.911. The molecule has 1 heterocycles. The zero-order valence-electron chi connectivity index (χ0n) is 13.3. The van der Waals surface area contributed by atoms with Gasteiger partial charge in [-0.15, -0.1) is 0 Å². The number of aryl methyl sites for hydroxylation is 1. The van der Waals surface area contributed by atoms with Crippen LogP contribution in [-0.4, -0.2) is 16.0 Å². The number of pyridine rings is 1. The molecule has 2 aromatic rings. The fourth-order valence-electron chi connectivity index (χ4n) is 3.36. The first-order valence-electron chi connectivity index (χ1n) is 8.34. The number of hydrogen-bond acceptors (Lipinski definition) is 3. The van der Waals surface area contributed by atoms with Crippen LogP contribution in [0.5, 0.6) is 0 Å². The molecule has 1 atom stereocenters. The van der Waals surface area contributed by atoms with Gasteiger partial charge in [0.1, 0.15) is 5.82 Å². The molecule has 4 nitrogen and oxygen atoms in total. The van der Waals surface area contributed by atoms with Crippen molar-refractivity contribution in [1.82, 2.24) is 10.3 Å². The molecule has 0 saturated heterocycles. The molecule has 2 N–H and O–H groups in total. The SMILES string of the molecule is O=C(NC1(c2ccc3c(n2)CCC[C@@H]3O)CC1)c1ccc(F)cc1. The highest BCUT2D eigenvalue weighted by atomic mass is 19.1. The van der Waals surface area contributed by atoms with E-state index in [-0.39, 0.29) is 11.7 Å². The summed E-state index contributed by atoms with van der Waals surface area (Å²) in [5.41, 5.74) is 2.71. The highest BCUT2D eigenvalue weighted by Gasteiger charge is 2.47. The van der Waals surface area contributed by atoms with Gasteiger partial charge in [-0.2, -0.15) is 0 Å². The van der Waals surface area contributed by atoms with E-state index >= 15 is 0 Å². The molecule has 0 spiro atoms. The first-order chi connectivity index (χ1) is 11.6. The number of hydrogen-bond donors (Lipinski definition) is 2. The Hall–Kier alpha value is -2.27. The number of benzene rings is 1. The van der Waals surface area contributed by atoms with E-state index in [0.29, 0.717) is 5.56 Å². The molecule has 5 heteroatoms. The summed E-state index contributed by atoms with van der Waals surface area (Å²) in [6.07, 6.45) is 3.82. The predicted molar refractivity (Wildman–Crippen MR) is 86.9 cm³/mol. The van der Waals surface area contributed by atoms with Gasteiger partial charge in [0.25, 0.3) is 5.91 Å². The van der Waals surface area contributed by atoms with Gasteiger partial charge in [-0.3, -0.25) is 9.78 Å². The molecule has 1 aromatic heterocycles. The van der Waals surface area contributed by atoms with E-state index in [1.165, 1.54) is 24.3 Å². The van der Waals surface area contributed by atoms with Crippen LogP contribution < -0.4 is 5.32 Å². The summed E-state index contributed by atoms with van der Waals surface area (Å²) in [4.78, 5) is 17.1. The first kappa shape index (κ1) is 15.3. The minimum Gasteiger partial charge on any atom is -0.388 e. The third-order valence-electron chi connectivity index (χ3n) is 4.96. The summed E-state index contributed by atoms with van der Waals surface area (Å²) >= 11 is 0. The van der Waals surface area contributed by atoms with Crippen molar-refractivity contribution in [2.75, 3.05) is 0 Å². The standard InChI is InChI=1S/C19H19FN2O2/c20-13-6-4-12(5-7-13)18(24)22-19(10-11-19)17-9-8-14-15(21-17)2-1-3-16(14)23/h4-9,16,23H,1-3,10-11H2,(H,22,24)/t16-/m0/s1. The van der Waals surface area contributed by atoms with Gasteiger partial charge in [-0.05, 0) is 62.4 Å². The Bertz CT molecular complexity index is 784. The Morgan fingerprint density at radius 2 is 1.96 bits per heavy atom. The summed E-state index contributed by atoms with van der Waals surface area (Å²) in [6.45, 7) is 0. The number of amides is 1. The van der Waals surface area contributed by atoms with Crippen molar-refractivity contribution in [1.29, 1.82) is 0 Å². The van der Waals surface area contributed by atoms with Gasteiger partial charge in [0, 0.05) is 16.8 Å². The van der Waals surface area contributed by atoms with E-state index in [2.05, 4.69) is 5.32 Å². The average Bonchev–Trinajstić information content (AvgIpc) is 3.36. The largest absolute Gasteiger partial charge is 0.388 e. The number of nitrogens with zero attached hydrogens (tertiary/aromatic N) is 1. The first-order valence-corrected chi connectivity index (χ1v) is 8.34. The minimum atomic E-state index is -0.431. The number of fused-ring (bicyclic) bond motifs is 1. The third-order valence-corrected chi connectivity index (χ3v) is 4.96. The van der Waals surface area contributed by atoms with E-state index in [0.717, 1.165) is 49.1 Å². The highest BCUT2D eigenvalue weighted by Crippen LogP contribution is 2.45. The molecule has 124 valence electrons. The van der Waals surface area contributed by atoms with Crippen LogP contribution in [0, 0.1) is 5.82 Å². The van der Waals surface area contributed by atoms with Crippen LogP contribution in [0.25, 0.3) is 0 Å². The average molecular weight is 326 g/mol. The van der Waals surface area contributed by atoms with Crippen molar-refractivity contribution in [3.63, 3.8) is 0 Å². The Kier molecular flexibility index (Phi) is 3.61. The molecule has 1 amide bonds. The van der Waals surface area contributed by atoms with Crippen molar-refractivity contribution >= 4 is 5.91 Å². The number of aliphatic hydroxyl groups excluding tert-OH is 1. The molecule has 2 aliphatic carbocycles. The van der Waals surface area contributed by atoms with E-state index in [1.807, 2.05) is 12.1 Å². The lowest BCUT2D eigenvalue weighted by molar-refractivity contribution is 0.0929. The van der Waals surface area contributed by atoms with Gasteiger partial charge in [0.2, 0.25) is 0 Å². The van der Waals surface area contributed by atoms with Gasteiger partial charge < -0.3 is 10.4 Å². The number of aromatic nitrogens is 1. The Morgan fingerprint density at radius 1 is 1.21 bits per heavy atom. The molecular weight excluding hydrogens is 307 g/mol.